The quantitative estimate of drug-likeness (QED) is 0.793. The van der Waals surface area contributed by atoms with Crippen LogP contribution in [0, 0.1) is 0 Å². The van der Waals surface area contributed by atoms with E-state index in [2.05, 4.69) is 5.32 Å². The van der Waals surface area contributed by atoms with Gasteiger partial charge in [0.2, 0.25) is 0 Å². The van der Waals surface area contributed by atoms with Crippen molar-refractivity contribution in [1.82, 2.24) is 0 Å². The number of hydrogen-bond acceptors (Lipinski definition) is 8. The van der Waals surface area contributed by atoms with Gasteiger partial charge < -0.3 is 38.5 Å². The number of hydrogen-bond donors (Lipinski definition) is 1. The molecule has 0 unspecified atom stereocenters. The maximum atomic E-state index is 13.1. The predicted octanol–water partition coefficient (Wildman–Crippen LogP) is 1.79. The molecule has 158 valence electrons. The van der Waals surface area contributed by atoms with Crippen molar-refractivity contribution in [2.24, 2.45) is 0 Å². The van der Waals surface area contributed by atoms with Gasteiger partial charge in [0.15, 0.2) is 35.5 Å². The fraction of sp³-hybridized carbons (Fsp3) is 0.650. The summed E-state index contributed by atoms with van der Waals surface area (Å²) in [6.07, 6.45) is -3.23. The summed E-state index contributed by atoms with van der Waals surface area (Å²) < 4.78 is 40.9. The maximum absolute atomic E-state index is 13.1. The van der Waals surface area contributed by atoms with Crippen molar-refractivity contribution in [3.05, 3.63) is 18.2 Å². The maximum Gasteiger partial charge on any atom is 0.256 e. The van der Waals surface area contributed by atoms with E-state index in [0.717, 1.165) is 0 Å². The lowest BCUT2D eigenvalue weighted by molar-refractivity contribution is -0.229. The van der Waals surface area contributed by atoms with Crippen molar-refractivity contribution in [3.63, 3.8) is 0 Å². The molecule has 9 heteroatoms. The van der Waals surface area contributed by atoms with Crippen LogP contribution in [0.5, 0.6) is 11.5 Å². The minimum Gasteiger partial charge on any atom is -0.486 e. The number of carbonyl (C=O) groups excluding carboxylic acids is 1. The highest BCUT2D eigenvalue weighted by atomic mass is 16.9. The SMILES string of the molecule is CC1(C)O[C@@H]2O[C@@H](C(=O)Nc3ccc4c(c3)OCCO4)[C@H]3OC(C)(C)O[C@@H]3[C@H]2O1. The van der Waals surface area contributed by atoms with Crippen LogP contribution in [0.25, 0.3) is 0 Å². The highest BCUT2D eigenvalue weighted by Crippen LogP contribution is 2.44. The van der Waals surface area contributed by atoms with Gasteiger partial charge in [0.25, 0.3) is 5.91 Å². The molecule has 0 radical (unpaired) electrons. The summed E-state index contributed by atoms with van der Waals surface area (Å²) in [6, 6.07) is 5.24. The number of nitrogens with one attached hydrogen (secondary N) is 1. The first-order valence-electron chi connectivity index (χ1n) is 9.78. The fourth-order valence-electron chi connectivity index (χ4n) is 4.16. The predicted molar refractivity (Wildman–Crippen MR) is 98.6 cm³/mol. The van der Waals surface area contributed by atoms with Crippen LogP contribution < -0.4 is 14.8 Å². The Hall–Kier alpha value is -1.91. The van der Waals surface area contributed by atoms with Crippen LogP contribution in [0.1, 0.15) is 27.7 Å². The van der Waals surface area contributed by atoms with Crippen LogP contribution in [0.3, 0.4) is 0 Å². The molecule has 1 amide bonds. The van der Waals surface area contributed by atoms with Gasteiger partial charge in [-0.2, -0.15) is 0 Å². The van der Waals surface area contributed by atoms with Crippen molar-refractivity contribution in [2.45, 2.75) is 70.0 Å². The second kappa shape index (κ2) is 6.55. The molecular formula is C20H25NO8. The van der Waals surface area contributed by atoms with Gasteiger partial charge in [0, 0.05) is 11.8 Å². The van der Waals surface area contributed by atoms with Crippen molar-refractivity contribution >= 4 is 11.6 Å². The van der Waals surface area contributed by atoms with E-state index in [0.29, 0.717) is 30.4 Å². The zero-order chi connectivity index (χ0) is 20.4. The average molecular weight is 407 g/mol. The minimum absolute atomic E-state index is 0.357. The monoisotopic (exact) mass is 407 g/mol. The van der Waals surface area contributed by atoms with Crippen molar-refractivity contribution in [1.29, 1.82) is 0 Å². The van der Waals surface area contributed by atoms with E-state index in [9.17, 15) is 4.79 Å². The third kappa shape index (κ3) is 3.47. The zero-order valence-electron chi connectivity index (χ0n) is 16.8. The number of fused-ring (bicyclic) bond motifs is 4. The summed E-state index contributed by atoms with van der Waals surface area (Å²) in [5, 5.41) is 2.87. The van der Waals surface area contributed by atoms with Crippen LogP contribution in [-0.2, 0) is 28.5 Å². The van der Waals surface area contributed by atoms with Gasteiger partial charge >= 0.3 is 0 Å². The normalized spacial score (nSPS) is 36.2. The molecule has 0 bridgehead atoms. The van der Waals surface area contributed by atoms with E-state index in [-0.39, 0.29) is 5.91 Å². The molecule has 3 saturated heterocycles. The van der Waals surface area contributed by atoms with E-state index >= 15 is 0 Å². The van der Waals surface area contributed by atoms with Gasteiger partial charge in [-0.25, -0.2) is 0 Å². The second-order valence-corrected chi connectivity index (χ2v) is 8.44. The first kappa shape index (κ1) is 19.1. The Balaban J connectivity index is 1.37. The van der Waals surface area contributed by atoms with Crippen molar-refractivity contribution < 1.29 is 38.0 Å². The molecule has 9 nitrogen and oxygen atoms in total. The number of ether oxygens (including phenoxy) is 7. The molecule has 1 aromatic carbocycles. The van der Waals surface area contributed by atoms with Gasteiger partial charge in [-0.15, -0.1) is 0 Å². The lowest BCUT2D eigenvalue weighted by atomic mass is 9.98. The molecule has 29 heavy (non-hydrogen) atoms. The summed E-state index contributed by atoms with van der Waals surface area (Å²) in [6.45, 7) is 8.18. The molecule has 3 fully saturated rings. The summed E-state index contributed by atoms with van der Waals surface area (Å²) in [5.41, 5.74) is 0.573. The van der Waals surface area contributed by atoms with Crippen LogP contribution in [0.4, 0.5) is 5.69 Å². The highest BCUT2D eigenvalue weighted by molar-refractivity contribution is 5.95. The molecule has 5 atom stereocenters. The Morgan fingerprint density at radius 1 is 0.897 bits per heavy atom. The lowest BCUT2D eigenvalue weighted by Crippen LogP contribution is -2.58. The Morgan fingerprint density at radius 2 is 1.55 bits per heavy atom. The molecule has 1 N–H and O–H groups in total. The smallest absolute Gasteiger partial charge is 0.256 e. The Morgan fingerprint density at radius 3 is 2.34 bits per heavy atom. The number of rotatable bonds is 2. The average Bonchev–Trinajstić information content (AvgIpc) is 3.14. The zero-order valence-corrected chi connectivity index (χ0v) is 16.8. The van der Waals surface area contributed by atoms with E-state index in [1.807, 2.05) is 0 Å². The van der Waals surface area contributed by atoms with Gasteiger partial charge in [-0.05, 0) is 39.8 Å². The van der Waals surface area contributed by atoms with Gasteiger partial charge in [0.1, 0.15) is 31.5 Å². The van der Waals surface area contributed by atoms with E-state index in [1.54, 1.807) is 45.9 Å². The van der Waals surface area contributed by atoms with Crippen LogP contribution in [0.15, 0.2) is 18.2 Å². The number of carbonyl (C=O) groups is 1. The molecule has 0 saturated carbocycles. The molecule has 0 spiro atoms. The van der Waals surface area contributed by atoms with E-state index in [4.69, 9.17) is 33.2 Å². The molecular weight excluding hydrogens is 382 g/mol. The first-order valence-corrected chi connectivity index (χ1v) is 9.78. The summed E-state index contributed by atoms with van der Waals surface area (Å²) >= 11 is 0. The van der Waals surface area contributed by atoms with Crippen LogP contribution in [0.2, 0.25) is 0 Å². The van der Waals surface area contributed by atoms with Crippen LogP contribution in [-0.4, -0.2) is 61.4 Å². The number of benzene rings is 1. The van der Waals surface area contributed by atoms with Crippen molar-refractivity contribution in [3.8, 4) is 11.5 Å². The first-order chi connectivity index (χ1) is 13.7. The molecule has 4 heterocycles. The Kier molecular flexibility index (Phi) is 4.31. The third-order valence-corrected chi connectivity index (χ3v) is 5.22. The minimum atomic E-state index is -0.922. The van der Waals surface area contributed by atoms with Crippen molar-refractivity contribution in [2.75, 3.05) is 18.5 Å². The van der Waals surface area contributed by atoms with E-state index in [1.165, 1.54) is 0 Å². The van der Waals surface area contributed by atoms with Gasteiger partial charge in [-0.1, -0.05) is 0 Å². The molecule has 0 aliphatic carbocycles. The summed E-state index contributed by atoms with van der Waals surface area (Å²) in [4.78, 5) is 13.1. The van der Waals surface area contributed by atoms with Gasteiger partial charge in [-0.3, -0.25) is 4.79 Å². The third-order valence-electron chi connectivity index (χ3n) is 5.22. The van der Waals surface area contributed by atoms with Gasteiger partial charge in [0.05, 0.1) is 0 Å². The van der Waals surface area contributed by atoms with E-state index < -0.39 is 42.3 Å². The Bertz CT molecular complexity index is 825. The Labute approximate surface area is 168 Å². The summed E-state index contributed by atoms with van der Waals surface area (Å²) in [5.74, 6) is -0.813. The molecule has 4 aliphatic rings. The molecule has 0 aromatic heterocycles. The molecule has 5 rings (SSSR count). The highest BCUT2D eigenvalue weighted by Gasteiger charge is 2.62. The van der Waals surface area contributed by atoms with Crippen LogP contribution >= 0.6 is 0 Å². The number of amides is 1. The fourth-order valence-corrected chi connectivity index (χ4v) is 4.16. The second-order valence-electron chi connectivity index (χ2n) is 8.44. The molecule has 4 aliphatic heterocycles. The standard InChI is InChI=1S/C20H25NO8/c1-19(2)26-13-14(27-19)16-18(29-20(3,4)28-16)25-15(13)17(22)21-10-5-6-11-12(9-10)24-8-7-23-11/h5-6,9,13-16,18H,7-8H2,1-4H3,(H,21,22)/t13-,14-,15+,16+,18-/m0/s1. The summed E-state index contributed by atoms with van der Waals surface area (Å²) in [7, 11) is 0. The molecule has 1 aromatic rings. The lowest BCUT2D eigenvalue weighted by Gasteiger charge is -2.36. The largest absolute Gasteiger partial charge is 0.486 e. The number of anilines is 1. The topological polar surface area (TPSA) is 93.7 Å².